The van der Waals surface area contributed by atoms with E-state index in [1.54, 1.807) is 7.05 Å². The van der Waals surface area contributed by atoms with Crippen LogP contribution in [-0.2, 0) is 19.6 Å². The van der Waals surface area contributed by atoms with Crippen LogP contribution in [0.1, 0.15) is 66.7 Å². The number of hydrogen-bond acceptors (Lipinski definition) is 5. The molecule has 0 aromatic heterocycles. The zero-order valence-corrected chi connectivity index (χ0v) is 17.3. The number of carbonyl (C=O) groups is 2. The number of ketones is 1. The molecule has 0 spiro atoms. The van der Waals surface area contributed by atoms with Crippen molar-refractivity contribution in [1.82, 2.24) is 10.0 Å². The second kappa shape index (κ2) is 8.16. The largest absolute Gasteiger partial charge is 0.309 e. The maximum atomic E-state index is 12.5. The third-order valence-corrected chi connectivity index (χ3v) is 7.46. The van der Waals surface area contributed by atoms with E-state index in [4.69, 9.17) is 0 Å². The molecule has 1 amide bonds. The third kappa shape index (κ3) is 4.08. The fourth-order valence-electron chi connectivity index (χ4n) is 4.39. The summed E-state index contributed by atoms with van der Waals surface area (Å²) in [5.74, 6) is -0.527. The highest BCUT2D eigenvalue weighted by Gasteiger charge is 2.65. The number of fused-ring (bicyclic) bond motifs is 2. The molecule has 0 heterocycles. The summed E-state index contributed by atoms with van der Waals surface area (Å²) in [4.78, 5) is 24.6. The SMILES string of the molecule is CC.CCCC(NC)C(=O)NS(=O)(=O)CC12CCC(CC1=O)C2(C)C. The third-order valence-electron chi connectivity index (χ3n) is 6.07. The van der Waals surface area contributed by atoms with Crippen molar-refractivity contribution in [3.05, 3.63) is 0 Å². The number of nitrogens with one attached hydrogen (secondary N) is 2. The van der Waals surface area contributed by atoms with Crippen molar-refractivity contribution in [1.29, 1.82) is 0 Å². The average molecular weight is 375 g/mol. The van der Waals surface area contributed by atoms with Gasteiger partial charge >= 0.3 is 0 Å². The van der Waals surface area contributed by atoms with Crippen LogP contribution < -0.4 is 10.0 Å². The molecule has 2 aliphatic rings. The highest BCUT2D eigenvalue weighted by atomic mass is 32.2. The first kappa shape index (κ1) is 22.1. The molecule has 2 aliphatic carbocycles. The average Bonchev–Trinajstić information content (AvgIpc) is 2.87. The minimum atomic E-state index is -3.85. The predicted octanol–water partition coefficient (Wildman–Crippen LogP) is 2.24. The second-order valence-corrected chi connectivity index (χ2v) is 9.24. The van der Waals surface area contributed by atoms with E-state index in [2.05, 4.69) is 10.0 Å². The first-order valence-electron chi connectivity index (χ1n) is 9.34. The van der Waals surface area contributed by atoms with Crippen LogP contribution in [0.25, 0.3) is 0 Å². The maximum absolute atomic E-state index is 12.5. The van der Waals surface area contributed by atoms with Crippen molar-refractivity contribution in [3.63, 3.8) is 0 Å². The summed E-state index contributed by atoms with van der Waals surface area (Å²) in [5, 5.41) is 2.83. The van der Waals surface area contributed by atoms with E-state index in [1.807, 2.05) is 34.6 Å². The molecule has 0 saturated heterocycles. The van der Waals surface area contributed by atoms with Gasteiger partial charge < -0.3 is 5.32 Å². The molecular weight excluding hydrogens is 340 g/mol. The second-order valence-electron chi connectivity index (χ2n) is 7.52. The van der Waals surface area contributed by atoms with Crippen molar-refractivity contribution in [2.45, 2.75) is 72.8 Å². The molecule has 2 N–H and O–H groups in total. The number of amides is 1. The quantitative estimate of drug-likeness (QED) is 0.713. The Labute approximate surface area is 152 Å². The molecule has 0 aliphatic heterocycles. The molecule has 2 rings (SSSR count). The molecule has 0 aromatic carbocycles. The Balaban J connectivity index is 0.00000151. The fraction of sp³-hybridized carbons (Fsp3) is 0.889. The van der Waals surface area contributed by atoms with Gasteiger partial charge in [0.2, 0.25) is 10.0 Å². The van der Waals surface area contributed by atoms with Gasteiger partial charge in [-0.15, -0.1) is 0 Å². The fourth-order valence-corrected chi connectivity index (χ4v) is 6.24. The lowest BCUT2D eigenvalue weighted by atomic mass is 9.70. The van der Waals surface area contributed by atoms with E-state index in [-0.39, 0.29) is 22.9 Å². The highest BCUT2D eigenvalue weighted by Crippen LogP contribution is 2.64. The van der Waals surface area contributed by atoms with E-state index >= 15 is 0 Å². The van der Waals surface area contributed by atoms with Crippen molar-refractivity contribution >= 4 is 21.7 Å². The summed E-state index contributed by atoms with van der Waals surface area (Å²) in [7, 11) is -2.21. The topological polar surface area (TPSA) is 92.3 Å². The number of likely N-dealkylation sites (N-methyl/N-ethyl adjacent to an activating group) is 1. The summed E-state index contributed by atoms with van der Waals surface area (Å²) in [6.45, 7) is 9.91. The monoisotopic (exact) mass is 374 g/mol. The molecule has 0 radical (unpaired) electrons. The van der Waals surface area contributed by atoms with E-state index in [0.29, 0.717) is 19.3 Å². The van der Waals surface area contributed by atoms with Gasteiger partial charge in [-0.2, -0.15) is 0 Å². The normalized spacial score (nSPS) is 28.2. The summed E-state index contributed by atoms with van der Waals surface area (Å²) in [6, 6.07) is -0.532. The minimum Gasteiger partial charge on any atom is -0.309 e. The Morgan fingerprint density at radius 1 is 1.32 bits per heavy atom. The van der Waals surface area contributed by atoms with Gasteiger partial charge in [0.05, 0.1) is 17.2 Å². The summed E-state index contributed by atoms with van der Waals surface area (Å²) in [6.07, 6.45) is 3.29. The molecule has 3 unspecified atom stereocenters. The highest BCUT2D eigenvalue weighted by molar-refractivity contribution is 7.90. The number of carbonyl (C=O) groups excluding carboxylic acids is 2. The van der Waals surface area contributed by atoms with Crippen molar-refractivity contribution < 1.29 is 18.0 Å². The smallest absolute Gasteiger partial charge is 0.250 e. The number of sulfonamides is 1. The first-order valence-corrected chi connectivity index (χ1v) is 11.0. The summed E-state index contributed by atoms with van der Waals surface area (Å²) >= 11 is 0. The Bertz CT molecular complexity index is 600. The van der Waals surface area contributed by atoms with Crippen LogP contribution in [0.4, 0.5) is 0 Å². The molecule has 7 heteroatoms. The number of hydrogen-bond donors (Lipinski definition) is 2. The number of rotatable bonds is 7. The molecule has 6 nitrogen and oxygen atoms in total. The lowest BCUT2D eigenvalue weighted by molar-refractivity contribution is -0.128. The van der Waals surface area contributed by atoms with E-state index < -0.39 is 27.4 Å². The van der Waals surface area contributed by atoms with Crippen LogP contribution in [0.5, 0.6) is 0 Å². The predicted molar refractivity (Wildman–Crippen MR) is 99.6 cm³/mol. The molecule has 2 bridgehead atoms. The van der Waals surface area contributed by atoms with Crippen LogP contribution in [0.2, 0.25) is 0 Å². The lowest BCUT2D eigenvalue weighted by Crippen LogP contribution is -2.50. The van der Waals surface area contributed by atoms with E-state index in [0.717, 1.165) is 12.8 Å². The molecule has 146 valence electrons. The van der Waals surface area contributed by atoms with Crippen LogP contribution in [-0.4, -0.2) is 39.0 Å². The van der Waals surface area contributed by atoms with Gasteiger partial charge in [0.15, 0.2) is 0 Å². The first-order chi connectivity index (χ1) is 11.6. The van der Waals surface area contributed by atoms with Gasteiger partial charge in [-0.3, -0.25) is 14.3 Å². The van der Waals surface area contributed by atoms with Crippen LogP contribution in [0.3, 0.4) is 0 Å². The van der Waals surface area contributed by atoms with Crippen molar-refractivity contribution in [2.24, 2.45) is 16.7 Å². The molecular formula is C18H34N2O4S. The molecule has 0 aromatic rings. The standard InChI is InChI=1S/C16H28N2O4S.C2H6/c1-5-6-12(17-4)14(20)18-23(21,22)10-16-8-7-11(9-13(16)19)15(16,2)3;1-2/h11-12,17H,5-10H2,1-4H3,(H,18,20);1-2H3. The van der Waals surface area contributed by atoms with Crippen molar-refractivity contribution in [2.75, 3.05) is 12.8 Å². The van der Waals surface area contributed by atoms with E-state index in [9.17, 15) is 18.0 Å². The summed E-state index contributed by atoms with van der Waals surface area (Å²) < 4.78 is 27.2. The zero-order chi connectivity index (χ0) is 19.5. The van der Waals surface area contributed by atoms with Gasteiger partial charge in [-0.25, -0.2) is 8.42 Å². The summed E-state index contributed by atoms with van der Waals surface area (Å²) in [5.41, 5.74) is -1.17. The van der Waals surface area contributed by atoms with Gasteiger partial charge in [0, 0.05) is 6.42 Å². The Hall–Kier alpha value is -0.950. The van der Waals surface area contributed by atoms with Gasteiger partial charge in [0.1, 0.15) is 5.78 Å². The van der Waals surface area contributed by atoms with Crippen LogP contribution >= 0.6 is 0 Å². The molecule has 3 atom stereocenters. The molecule has 25 heavy (non-hydrogen) atoms. The van der Waals surface area contributed by atoms with Gasteiger partial charge in [-0.1, -0.05) is 41.0 Å². The molecule has 2 fully saturated rings. The van der Waals surface area contributed by atoms with Crippen LogP contribution in [0, 0.1) is 16.7 Å². The zero-order valence-electron chi connectivity index (χ0n) is 16.4. The Morgan fingerprint density at radius 2 is 1.92 bits per heavy atom. The minimum absolute atomic E-state index is 0.0373. The van der Waals surface area contributed by atoms with E-state index in [1.165, 1.54) is 0 Å². The Morgan fingerprint density at radius 3 is 2.32 bits per heavy atom. The lowest BCUT2D eigenvalue weighted by Gasteiger charge is -2.36. The maximum Gasteiger partial charge on any atom is 0.250 e. The Kier molecular flexibility index (Phi) is 7.21. The van der Waals surface area contributed by atoms with Gasteiger partial charge in [-0.05, 0) is 37.6 Å². The number of Topliss-reactive ketones (excluding diaryl/α,β-unsaturated/α-hetero) is 1. The van der Waals surface area contributed by atoms with Crippen molar-refractivity contribution in [3.8, 4) is 0 Å². The van der Waals surface area contributed by atoms with Gasteiger partial charge in [0.25, 0.3) is 5.91 Å². The van der Waals surface area contributed by atoms with Crippen LogP contribution in [0.15, 0.2) is 0 Å². The molecule has 2 saturated carbocycles.